The Morgan fingerprint density at radius 3 is 2.62 bits per heavy atom. The summed E-state index contributed by atoms with van der Waals surface area (Å²) >= 11 is 0. The summed E-state index contributed by atoms with van der Waals surface area (Å²) in [5.74, 6) is 1.80. The fourth-order valence-electron chi connectivity index (χ4n) is 3.30. The lowest BCUT2D eigenvalue weighted by atomic mass is 9.83. The highest BCUT2D eigenvalue weighted by Crippen LogP contribution is 2.31. The number of phenolic OH excluding ortho intramolecular Hbond substituents is 1. The van der Waals surface area contributed by atoms with Gasteiger partial charge in [-0.15, -0.1) is 0 Å². The number of phenols is 1. The summed E-state index contributed by atoms with van der Waals surface area (Å²) < 4.78 is 5.43. The number of ether oxygens (including phenoxy) is 1. The Labute approximate surface area is 128 Å². The van der Waals surface area contributed by atoms with Gasteiger partial charge in [0, 0.05) is 18.2 Å². The van der Waals surface area contributed by atoms with E-state index in [9.17, 15) is 5.11 Å². The third kappa shape index (κ3) is 4.63. The van der Waals surface area contributed by atoms with Gasteiger partial charge in [-0.25, -0.2) is 0 Å². The standard InChI is InChI=1S/C18H29NO2/c1-3-6-14-9-11-16(12-10-14)19-13-15-7-5-8-17(18(15)20)21-4-2/h5,7-8,14,16,19-20H,3-4,6,9-13H2,1-2H3. The molecule has 2 rings (SSSR count). The zero-order valence-electron chi connectivity index (χ0n) is 13.4. The second kappa shape index (κ2) is 8.28. The topological polar surface area (TPSA) is 41.5 Å². The Kier molecular flexibility index (Phi) is 6.37. The normalized spacial score (nSPS) is 22.2. The second-order valence-corrected chi connectivity index (χ2v) is 6.08. The molecule has 0 unspecified atom stereocenters. The molecule has 2 N–H and O–H groups in total. The van der Waals surface area contributed by atoms with Crippen molar-refractivity contribution in [1.29, 1.82) is 0 Å². The highest BCUT2D eigenvalue weighted by Gasteiger charge is 2.20. The van der Waals surface area contributed by atoms with Crippen molar-refractivity contribution in [1.82, 2.24) is 5.32 Å². The largest absolute Gasteiger partial charge is 0.504 e. The van der Waals surface area contributed by atoms with Gasteiger partial charge in [-0.3, -0.25) is 0 Å². The van der Waals surface area contributed by atoms with Crippen LogP contribution in [-0.2, 0) is 6.54 Å². The van der Waals surface area contributed by atoms with Crippen LogP contribution < -0.4 is 10.1 Å². The number of para-hydroxylation sites is 1. The smallest absolute Gasteiger partial charge is 0.162 e. The third-order valence-corrected chi connectivity index (χ3v) is 4.51. The number of aromatic hydroxyl groups is 1. The zero-order chi connectivity index (χ0) is 15.1. The second-order valence-electron chi connectivity index (χ2n) is 6.08. The van der Waals surface area contributed by atoms with Crippen molar-refractivity contribution in [2.24, 2.45) is 5.92 Å². The first-order valence-electron chi connectivity index (χ1n) is 8.41. The molecule has 3 heteroatoms. The molecule has 0 spiro atoms. The first kappa shape index (κ1) is 16.2. The van der Waals surface area contributed by atoms with E-state index in [0.717, 1.165) is 18.0 Å². The maximum absolute atomic E-state index is 10.2. The van der Waals surface area contributed by atoms with Crippen LogP contribution in [0.2, 0.25) is 0 Å². The molecule has 0 amide bonds. The van der Waals surface area contributed by atoms with Crippen LogP contribution in [0.15, 0.2) is 18.2 Å². The third-order valence-electron chi connectivity index (χ3n) is 4.51. The monoisotopic (exact) mass is 291 g/mol. The van der Waals surface area contributed by atoms with Crippen molar-refractivity contribution in [3.05, 3.63) is 23.8 Å². The summed E-state index contributed by atoms with van der Waals surface area (Å²) in [5, 5.41) is 13.8. The molecule has 118 valence electrons. The molecule has 1 fully saturated rings. The Hall–Kier alpha value is -1.22. The van der Waals surface area contributed by atoms with Gasteiger partial charge in [0.1, 0.15) is 0 Å². The molecular weight excluding hydrogens is 262 g/mol. The SMILES string of the molecule is CCCC1CCC(NCc2cccc(OCC)c2O)CC1. The van der Waals surface area contributed by atoms with Crippen molar-refractivity contribution < 1.29 is 9.84 Å². The van der Waals surface area contributed by atoms with Gasteiger partial charge >= 0.3 is 0 Å². The minimum atomic E-state index is 0.284. The quantitative estimate of drug-likeness (QED) is 0.789. The molecule has 0 saturated heterocycles. The van der Waals surface area contributed by atoms with E-state index in [1.807, 2.05) is 25.1 Å². The molecule has 1 aromatic carbocycles. The van der Waals surface area contributed by atoms with E-state index < -0.39 is 0 Å². The lowest BCUT2D eigenvalue weighted by Gasteiger charge is -2.29. The fourth-order valence-corrected chi connectivity index (χ4v) is 3.30. The molecule has 0 aromatic heterocycles. The van der Waals surface area contributed by atoms with E-state index in [0.29, 0.717) is 18.4 Å². The molecule has 21 heavy (non-hydrogen) atoms. The van der Waals surface area contributed by atoms with E-state index in [1.54, 1.807) is 0 Å². The van der Waals surface area contributed by atoms with Crippen LogP contribution in [0.25, 0.3) is 0 Å². The Morgan fingerprint density at radius 1 is 1.19 bits per heavy atom. The lowest BCUT2D eigenvalue weighted by Crippen LogP contribution is -2.32. The fraction of sp³-hybridized carbons (Fsp3) is 0.667. The highest BCUT2D eigenvalue weighted by molar-refractivity contribution is 5.45. The molecule has 0 radical (unpaired) electrons. The number of benzene rings is 1. The molecule has 1 saturated carbocycles. The number of hydrogen-bond acceptors (Lipinski definition) is 3. The molecule has 0 heterocycles. The molecule has 0 atom stereocenters. The maximum atomic E-state index is 10.2. The summed E-state index contributed by atoms with van der Waals surface area (Å²) in [6, 6.07) is 6.32. The molecule has 1 aromatic rings. The first-order chi connectivity index (χ1) is 10.2. The lowest BCUT2D eigenvalue weighted by molar-refractivity contribution is 0.276. The van der Waals surface area contributed by atoms with Gasteiger partial charge in [-0.1, -0.05) is 31.9 Å². The van der Waals surface area contributed by atoms with Gasteiger partial charge in [-0.2, -0.15) is 0 Å². The van der Waals surface area contributed by atoms with Crippen molar-refractivity contribution in [2.45, 2.75) is 65.0 Å². The van der Waals surface area contributed by atoms with E-state index in [-0.39, 0.29) is 5.75 Å². The Morgan fingerprint density at radius 2 is 1.95 bits per heavy atom. The average molecular weight is 291 g/mol. The van der Waals surface area contributed by atoms with Crippen LogP contribution in [0.4, 0.5) is 0 Å². The Balaban J connectivity index is 1.82. The molecule has 1 aliphatic carbocycles. The molecule has 1 aliphatic rings. The maximum Gasteiger partial charge on any atom is 0.162 e. The van der Waals surface area contributed by atoms with Crippen LogP contribution in [0, 0.1) is 5.92 Å². The van der Waals surface area contributed by atoms with E-state index in [2.05, 4.69) is 12.2 Å². The summed E-state index contributed by atoms with van der Waals surface area (Å²) in [6.07, 6.45) is 7.89. The summed E-state index contributed by atoms with van der Waals surface area (Å²) in [6.45, 7) is 5.50. The summed E-state index contributed by atoms with van der Waals surface area (Å²) in [7, 11) is 0. The first-order valence-corrected chi connectivity index (χ1v) is 8.41. The number of nitrogens with one attached hydrogen (secondary N) is 1. The van der Waals surface area contributed by atoms with Gasteiger partial charge < -0.3 is 15.2 Å². The van der Waals surface area contributed by atoms with Crippen molar-refractivity contribution in [2.75, 3.05) is 6.61 Å². The van der Waals surface area contributed by atoms with Crippen LogP contribution in [0.3, 0.4) is 0 Å². The minimum absolute atomic E-state index is 0.284. The molecule has 0 aliphatic heterocycles. The zero-order valence-corrected chi connectivity index (χ0v) is 13.4. The van der Waals surface area contributed by atoms with E-state index in [1.165, 1.54) is 38.5 Å². The van der Waals surface area contributed by atoms with Gasteiger partial charge in [0.05, 0.1) is 6.61 Å². The van der Waals surface area contributed by atoms with Crippen LogP contribution >= 0.6 is 0 Å². The van der Waals surface area contributed by atoms with Gasteiger partial charge in [0.15, 0.2) is 11.5 Å². The Bertz CT molecular complexity index is 425. The molecule has 3 nitrogen and oxygen atoms in total. The van der Waals surface area contributed by atoms with Crippen LogP contribution in [0.1, 0.15) is 57.9 Å². The van der Waals surface area contributed by atoms with Gasteiger partial charge in [0.2, 0.25) is 0 Å². The predicted octanol–water partition coefficient (Wildman–Crippen LogP) is 4.24. The minimum Gasteiger partial charge on any atom is -0.504 e. The molecular formula is C18H29NO2. The van der Waals surface area contributed by atoms with Crippen LogP contribution in [0.5, 0.6) is 11.5 Å². The van der Waals surface area contributed by atoms with Crippen molar-refractivity contribution >= 4 is 0 Å². The van der Waals surface area contributed by atoms with Gasteiger partial charge in [0.25, 0.3) is 0 Å². The van der Waals surface area contributed by atoms with E-state index in [4.69, 9.17) is 4.74 Å². The van der Waals surface area contributed by atoms with Crippen LogP contribution in [-0.4, -0.2) is 17.8 Å². The average Bonchev–Trinajstić information content (AvgIpc) is 2.50. The van der Waals surface area contributed by atoms with E-state index >= 15 is 0 Å². The summed E-state index contributed by atoms with van der Waals surface area (Å²) in [5.41, 5.74) is 0.927. The number of rotatable bonds is 7. The van der Waals surface area contributed by atoms with Crippen molar-refractivity contribution in [3.63, 3.8) is 0 Å². The summed E-state index contributed by atoms with van der Waals surface area (Å²) in [4.78, 5) is 0. The molecule has 0 bridgehead atoms. The van der Waals surface area contributed by atoms with Crippen molar-refractivity contribution in [3.8, 4) is 11.5 Å². The highest BCUT2D eigenvalue weighted by atomic mass is 16.5. The van der Waals surface area contributed by atoms with Gasteiger partial charge in [-0.05, 0) is 44.6 Å². The number of hydrogen-bond donors (Lipinski definition) is 2. The predicted molar refractivity (Wildman–Crippen MR) is 86.8 cm³/mol.